The molecule has 0 radical (unpaired) electrons. The van der Waals surface area contributed by atoms with Gasteiger partial charge in [-0.2, -0.15) is 0 Å². The zero-order valence-electron chi connectivity index (χ0n) is 17.6. The Kier molecular flexibility index (Phi) is 3.97. The molecular formula is C24H28N2O2. The van der Waals surface area contributed by atoms with E-state index in [-0.39, 0.29) is 22.6 Å². The molecule has 4 heteroatoms. The van der Waals surface area contributed by atoms with Gasteiger partial charge in [0.25, 0.3) is 0 Å². The average molecular weight is 377 g/mol. The summed E-state index contributed by atoms with van der Waals surface area (Å²) in [6, 6.07) is 12.9. The van der Waals surface area contributed by atoms with Crippen LogP contribution in [0.25, 0.3) is 11.1 Å². The lowest BCUT2D eigenvalue weighted by Gasteiger charge is -2.26. The maximum atomic E-state index is 11.7. The number of carbonyl (C=O) groups excluding carboxylic acids is 2. The monoisotopic (exact) mass is 376 g/mol. The van der Waals surface area contributed by atoms with Crippen molar-refractivity contribution in [3.05, 3.63) is 47.5 Å². The van der Waals surface area contributed by atoms with Crippen LogP contribution in [0.2, 0.25) is 0 Å². The molecule has 2 aliphatic rings. The summed E-state index contributed by atoms with van der Waals surface area (Å²) < 4.78 is 0. The molecule has 4 rings (SSSR count). The number of anilines is 2. The summed E-state index contributed by atoms with van der Waals surface area (Å²) >= 11 is 0. The molecule has 0 unspecified atom stereocenters. The molecule has 146 valence electrons. The van der Waals surface area contributed by atoms with Gasteiger partial charge in [0, 0.05) is 11.4 Å². The van der Waals surface area contributed by atoms with E-state index in [9.17, 15) is 9.59 Å². The highest BCUT2D eigenvalue weighted by atomic mass is 16.2. The van der Waals surface area contributed by atoms with Crippen molar-refractivity contribution in [3.63, 3.8) is 0 Å². The van der Waals surface area contributed by atoms with Gasteiger partial charge in [-0.25, -0.2) is 0 Å². The molecule has 0 N–H and O–H groups in total. The van der Waals surface area contributed by atoms with Crippen molar-refractivity contribution < 1.29 is 9.59 Å². The molecule has 0 aliphatic carbocycles. The van der Waals surface area contributed by atoms with Crippen LogP contribution in [0.1, 0.15) is 52.7 Å². The molecule has 2 heterocycles. The maximum absolute atomic E-state index is 11.7. The lowest BCUT2D eigenvalue weighted by Crippen LogP contribution is -2.16. The van der Waals surface area contributed by atoms with Gasteiger partial charge in [-0.15, -0.1) is 0 Å². The van der Waals surface area contributed by atoms with Crippen LogP contribution in [0.4, 0.5) is 11.4 Å². The Morgan fingerprint density at radius 1 is 0.607 bits per heavy atom. The van der Waals surface area contributed by atoms with Gasteiger partial charge in [-0.3, -0.25) is 9.59 Å². The van der Waals surface area contributed by atoms with Gasteiger partial charge in [0.15, 0.2) is 0 Å². The largest absolute Gasteiger partial charge is 0.301 e. The van der Waals surface area contributed by atoms with Crippen LogP contribution in [0.15, 0.2) is 36.4 Å². The summed E-state index contributed by atoms with van der Waals surface area (Å²) in [6.07, 6.45) is 0. The first-order valence-electron chi connectivity index (χ1n) is 9.86. The maximum Gasteiger partial charge on any atom is 0.247 e. The third-order valence-corrected chi connectivity index (χ3v) is 5.51. The second-order valence-electron chi connectivity index (χ2n) is 10.00. The van der Waals surface area contributed by atoms with Gasteiger partial charge < -0.3 is 9.80 Å². The van der Waals surface area contributed by atoms with Crippen molar-refractivity contribution >= 4 is 23.2 Å². The van der Waals surface area contributed by atoms with Crippen LogP contribution in [-0.4, -0.2) is 24.9 Å². The van der Waals surface area contributed by atoms with Gasteiger partial charge in [0.2, 0.25) is 11.8 Å². The summed E-state index contributed by atoms with van der Waals surface area (Å²) in [5.41, 5.74) is 6.55. The molecule has 28 heavy (non-hydrogen) atoms. The highest BCUT2D eigenvalue weighted by Crippen LogP contribution is 2.39. The predicted octanol–water partition coefficient (Wildman–Crippen LogP) is 4.64. The fourth-order valence-corrected chi connectivity index (χ4v) is 3.40. The van der Waals surface area contributed by atoms with Gasteiger partial charge in [-0.1, -0.05) is 59.7 Å². The number of amides is 2. The Labute approximate surface area is 167 Å². The molecule has 2 aliphatic heterocycles. The van der Waals surface area contributed by atoms with Crippen molar-refractivity contribution in [2.45, 2.75) is 52.4 Å². The minimum Gasteiger partial charge on any atom is -0.301 e. The smallest absolute Gasteiger partial charge is 0.247 e. The molecule has 0 saturated carbocycles. The molecule has 2 fully saturated rings. The third-order valence-electron chi connectivity index (χ3n) is 5.51. The van der Waals surface area contributed by atoms with E-state index in [4.69, 9.17) is 0 Å². The Morgan fingerprint density at radius 2 is 0.964 bits per heavy atom. The first-order chi connectivity index (χ1) is 12.9. The molecule has 2 amide bonds. The van der Waals surface area contributed by atoms with Gasteiger partial charge >= 0.3 is 0 Å². The molecule has 2 aromatic rings. The molecule has 0 atom stereocenters. The minimum absolute atomic E-state index is 0.0301. The Bertz CT molecular complexity index is 920. The molecule has 2 saturated heterocycles. The molecule has 0 aromatic heterocycles. The van der Waals surface area contributed by atoms with Crippen LogP contribution in [0.5, 0.6) is 0 Å². The van der Waals surface area contributed by atoms with Crippen molar-refractivity contribution in [1.29, 1.82) is 0 Å². The zero-order valence-corrected chi connectivity index (χ0v) is 17.6. The molecular weight excluding hydrogens is 348 g/mol. The number of hydrogen-bond acceptors (Lipinski definition) is 2. The fraction of sp³-hybridized carbons (Fsp3) is 0.417. The number of hydrogen-bond donors (Lipinski definition) is 0. The van der Waals surface area contributed by atoms with Crippen molar-refractivity contribution in [3.8, 4) is 11.1 Å². The van der Waals surface area contributed by atoms with E-state index in [2.05, 4.69) is 71.9 Å². The molecule has 2 aromatic carbocycles. The van der Waals surface area contributed by atoms with Crippen molar-refractivity contribution in [2.75, 3.05) is 22.9 Å². The number of benzene rings is 2. The summed E-state index contributed by atoms with van der Waals surface area (Å²) in [4.78, 5) is 26.9. The van der Waals surface area contributed by atoms with Gasteiger partial charge in [0.05, 0.1) is 0 Å². The average Bonchev–Trinajstić information content (AvgIpc) is 3.50. The van der Waals surface area contributed by atoms with E-state index in [1.807, 2.05) is 6.07 Å². The third kappa shape index (κ3) is 3.56. The van der Waals surface area contributed by atoms with Crippen LogP contribution >= 0.6 is 0 Å². The fourth-order valence-electron chi connectivity index (χ4n) is 3.40. The lowest BCUT2D eigenvalue weighted by molar-refractivity contribution is -0.110. The zero-order chi connectivity index (χ0) is 20.4. The van der Waals surface area contributed by atoms with Crippen molar-refractivity contribution in [2.24, 2.45) is 0 Å². The lowest BCUT2D eigenvalue weighted by atomic mass is 9.79. The number of carbonyl (C=O) groups is 2. The van der Waals surface area contributed by atoms with Crippen LogP contribution in [0, 0.1) is 0 Å². The second-order valence-corrected chi connectivity index (χ2v) is 10.00. The molecule has 0 spiro atoms. The highest BCUT2D eigenvalue weighted by molar-refractivity contribution is 6.15. The highest BCUT2D eigenvalue weighted by Gasteiger charge is 2.36. The standard InChI is InChI=1S/C24H28N2O2/c1-23(2,3)17-7-15(8-18(11-17)24(4,5)6)16-9-19(25-13-21(25)27)12-20(10-16)26-14-22(26)28/h7-12H,13-14H2,1-6H3. The second kappa shape index (κ2) is 5.94. The first-order valence-corrected chi connectivity index (χ1v) is 9.86. The quantitative estimate of drug-likeness (QED) is 0.732. The van der Waals surface area contributed by atoms with E-state index >= 15 is 0 Å². The van der Waals surface area contributed by atoms with Gasteiger partial charge in [-0.05, 0) is 51.3 Å². The van der Waals surface area contributed by atoms with E-state index in [0.717, 1.165) is 22.5 Å². The first kappa shape index (κ1) is 18.7. The summed E-state index contributed by atoms with van der Waals surface area (Å²) in [5.74, 6) is 0.248. The molecule has 4 nitrogen and oxygen atoms in total. The van der Waals surface area contributed by atoms with Crippen LogP contribution in [0.3, 0.4) is 0 Å². The van der Waals surface area contributed by atoms with Crippen LogP contribution < -0.4 is 9.80 Å². The summed E-state index contributed by atoms with van der Waals surface area (Å²) in [6.45, 7) is 14.3. The normalized spacial score (nSPS) is 16.6. The van der Waals surface area contributed by atoms with Crippen molar-refractivity contribution in [1.82, 2.24) is 0 Å². The topological polar surface area (TPSA) is 40.2 Å². The van der Waals surface area contributed by atoms with E-state index in [1.165, 1.54) is 11.1 Å². The van der Waals surface area contributed by atoms with Crippen LogP contribution in [-0.2, 0) is 20.4 Å². The van der Waals surface area contributed by atoms with E-state index < -0.39 is 0 Å². The minimum atomic E-state index is 0.0301. The number of nitrogens with zero attached hydrogens (tertiary/aromatic N) is 2. The summed E-state index contributed by atoms with van der Waals surface area (Å²) in [5, 5.41) is 0. The SMILES string of the molecule is CC(C)(C)c1cc(-c2cc(N3CC3=O)cc(N3CC3=O)c2)cc(C(C)(C)C)c1. The van der Waals surface area contributed by atoms with E-state index in [0.29, 0.717) is 13.1 Å². The number of rotatable bonds is 3. The predicted molar refractivity (Wildman–Crippen MR) is 114 cm³/mol. The molecule has 0 bridgehead atoms. The Morgan fingerprint density at radius 3 is 1.29 bits per heavy atom. The van der Waals surface area contributed by atoms with E-state index in [1.54, 1.807) is 9.80 Å². The Balaban J connectivity index is 1.88. The Hall–Kier alpha value is -2.62. The summed E-state index contributed by atoms with van der Waals surface area (Å²) in [7, 11) is 0. The van der Waals surface area contributed by atoms with Gasteiger partial charge in [0.1, 0.15) is 13.1 Å².